The summed E-state index contributed by atoms with van der Waals surface area (Å²) in [5.74, 6) is 0.209. The molecule has 2 aromatic carbocycles. The number of aliphatic hydroxyl groups excluding tert-OH is 1. The van der Waals surface area contributed by atoms with E-state index in [0.29, 0.717) is 35.1 Å². The number of H-pyrrole nitrogens is 1. The average Bonchev–Trinajstić information content (AvgIpc) is 2.64. The molecule has 3 aromatic rings. The van der Waals surface area contributed by atoms with Crippen LogP contribution >= 0.6 is 0 Å². The van der Waals surface area contributed by atoms with E-state index in [1.165, 1.54) is 12.1 Å². The van der Waals surface area contributed by atoms with Crippen LogP contribution < -0.4 is 16.0 Å². The van der Waals surface area contributed by atoms with Crippen molar-refractivity contribution in [2.45, 2.75) is 39.3 Å². The number of aliphatic hydroxyl groups is 1. The number of rotatable bonds is 7. The molecule has 0 atom stereocenters. The quantitative estimate of drug-likeness (QED) is 0.654. The lowest BCUT2D eigenvalue weighted by molar-refractivity contribution is 0.240. The van der Waals surface area contributed by atoms with E-state index in [1.54, 1.807) is 24.3 Å². The van der Waals surface area contributed by atoms with Gasteiger partial charge in [0.05, 0.1) is 17.0 Å². The van der Waals surface area contributed by atoms with Gasteiger partial charge in [-0.1, -0.05) is 12.1 Å². The molecule has 3 rings (SSSR count). The highest BCUT2D eigenvalue weighted by molar-refractivity contribution is 5.84. The lowest BCUT2D eigenvalue weighted by Gasteiger charge is -2.17. The predicted molar refractivity (Wildman–Crippen MR) is 106 cm³/mol. The van der Waals surface area contributed by atoms with Crippen LogP contribution in [0.2, 0.25) is 0 Å². The third kappa shape index (κ3) is 4.14. The zero-order valence-electron chi connectivity index (χ0n) is 15.9. The SMILES string of the molecule is CC(C)Oc1ccc2[nH]c(=O)n(CCCO)c(=O)c2c1Cc1ccc(F)cc1. The molecule has 0 saturated carbocycles. The highest BCUT2D eigenvalue weighted by atomic mass is 19.1. The minimum atomic E-state index is -0.517. The molecule has 1 aromatic heterocycles. The van der Waals surface area contributed by atoms with Crippen molar-refractivity contribution in [1.82, 2.24) is 9.55 Å². The molecule has 1 heterocycles. The molecule has 28 heavy (non-hydrogen) atoms. The van der Waals surface area contributed by atoms with Crippen LogP contribution in [0.25, 0.3) is 10.9 Å². The molecule has 6 nitrogen and oxygen atoms in total. The van der Waals surface area contributed by atoms with Gasteiger partial charge in [-0.15, -0.1) is 0 Å². The summed E-state index contributed by atoms with van der Waals surface area (Å²) in [5, 5.41) is 9.42. The Labute approximate surface area is 161 Å². The Hall–Kier alpha value is -2.93. The van der Waals surface area contributed by atoms with E-state index in [-0.39, 0.29) is 25.1 Å². The Bertz CT molecular complexity index is 1080. The summed E-state index contributed by atoms with van der Waals surface area (Å²) in [5.41, 5.74) is 0.921. The fraction of sp³-hybridized carbons (Fsp3) is 0.333. The van der Waals surface area contributed by atoms with E-state index in [0.717, 1.165) is 10.1 Å². The molecular weight excluding hydrogens is 363 g/mol. The van der Waals surface area contributed by atoms with Crippen molar-refractivity contribution >= 4 is 10.9 Å². The van der Waals surface area contributed by atoms with Gasteiger partial charge in [-0.25, -0.2) is 9.18 Å². The van der Waals surface area contributed by atoms with Crippen molar-refractivity contribution in [2.75, 3.05) is 6.61 Å². The number of hydrogen-bond donors (Lipinski definition) is 2. The average molecular weight is 386 g/mol. The molecule has 0 radical (unpaired) electrons. The zero-order chi connectivity index (χ0) is 20.3. The summed E-state index contributed by atoms with van der Waals surface area (Å²) >= 11 is 0. The third-order valence-corrected chi connectivity index (χ3v) is 4.41. The van der Waals surface area contributed by atoms with E-state index in [4.69, 9.17) is 9.84 Å². The summed E-state index contributed by atoms with van der Waals surface area (Å²) in [6.45, 7) is 3.77. The van der Waals surface area contributed by atoms with Gasteiger partial charge in [0.25, 0.3) is 5.56 Å². The number of nitrogens with one attached hydrogen (secondary N) is 1. The van der Waals surface area contributed by atoms with Crippen LogP contribution in [-0.2, 0) is 13.0 Å². The Morgan fingerprint density at radius 3 is 2.50 bits per heavy atom. The van der Waals surface area contributed by atoms with E-state index in [2.05, 4.69) is 4.98 Å². The second kappa shape index (κ2) is 8.39. The first kappa shape index (κ1) is 19.8. The van der Waals surface area contributed by atoms with Crippen molar-refractivity contribution in [2.24, 2.45) is 0 Å². The molecule has 0 bridgehead atoms. The Balaban J connectivity index is 2.24. The number of fused-ring (bicyclic) bond motifs is 1. The largest absolute Gasteiger partial charge is 0.491 e. The number of halogens is 1. The Kier molecular flexibility index (Phi) is 5.94. The second-order valence-corrected chi connectivity index (χ2v) is 6.90. The smallest absolute Gasteiger partial charge is 0.328 e. The van der Waals surface area contributed by atoms with Gasteiger partial charge in [-0.05, 0) is 50.1 Å². The molecule has 0 aliphatic rings. The fourth-order valence-electron chi connectivity index (χ4n) is 3.17. The van der Waals surface area contributed by atoms with E-state index >= 15 is 0 Å². The molecule has 2 N–H and O–H groups in total. The summed E-state index contributed by atoms with van der Waals surface area (Å²) in [6.07, 6.45) is 0.536. The number of aromatic nitrogens is 2. The standard InChI is InChI=1S/C21H23FN2O4/c1-13(2)28-18-9-8-17-19(16(18)12-14-4-6-15(22)7-5-14)20(26)24(10-3-11-25)21(27)23-17/h4-9,13,25H,3,10-12H2,1-2H3,(H,23,27). The highest BCUT2D eigenvalue weighted by Crippen LogP contribution is 2.28. The fourth-order valence-corrected chi connectivity index (χ4v) is 3.17. The van der Waals surface area contributed by atoms with Crippen molar-refractivity contribution in [3.8, 4) is 5.75 Å². The molecule has 0 aliphatic heterocycles. The van der Waals surface area contributed by atoms with Gasteiger partial charge < -0.3 is 14.8 Å². The molecule has 0 unspecified atom stereocenters. The molecule has 7 heteroatoms. The number of aromatic amines is 1. The van der Waals surface area contributed by atoms with Crippen LogP contribution in [0.5, 0.6) is 5.75 Å². The molecular formula is C21H23FN2O4. The minimum absolute atomic E-state index is 0.108. The molecule has 0 fully saturated rings. The van der Waals surface area contributed by atoms with Gasteiger partial charge >= 0.3 is 5.69 Å². The van der Waals surface area contributed by atoms with Crippen molar-refractivity contribution in [1.29, 1.82) is 0 Å². The molecule has 0 amide bonds. The molecule has 0 aliphatic carbocycles. The van der Waals surface area contributed by atoms with Crippen LogP contribution in [0.15, 0.2) is 46.0 Å². The van der Waals surface area contributed by atoms with Crippen LogP contribution in [0.4, 0.5) is 4.39 Å². The maximum atomic E-state index is 13.3. The zero-order valence-corrected chi connectivity index (χ0v) is 15.9. The molecule has 0 spiro atoms. The van der Waals surface area contributed by atoms with Crippen LogP contribution in [0, 0.1) is 5.82 Å². The van der Waals surface area contributed by atoms with E-state index < -0.39 is 11.2 Å². The first-order valence-corrected chi connectivity index (χ1v) is 9.21. The van der Waals surface area contributed by atoms with Crippen LogP contribution in [0.1, 0.15) is 31.4 Å². The van der Waals surface area contributed by atoms with E-state index in [1.807, 2.05) is 13.8 Å². The number of benzene rings is 2. The summed E-state index contributed by atoms with van der Waals surface area (Å²) in [7, 11) is 0. The summed E-state index contributed by atoms with van der Waals surface area (Å²) < 4.78 is 20.3. The van der Waals surface area contributed by atoms with Gasteiger partial charge in [0.1, 0.15) is 11.6 Å². The maximum absolute atomic E-state index is 13.3. The van der Waals surface area contributed by atoms with Gasteiger partial charge in [0.15, 0.2) is 0 Å². The van der Waals surface area contributed by atoms with E-state index in [9.17, 15) is 14.0 Å². The second-order valence-electron chi connectivity index (χ2n) is 6.90. The Morgan fingerprint density at radius 2 is 1.86 bits per heavy atom. The third-order valence-electron chi connectivity index (χ3n) is 4.41. The first-order valence-electron chi connectivity index (χ1n) is 9.21. The lowest BCUT2D eigenvalue weighted by atomic mass is 10.00. The van der Waals surface area contributed by atoms with Crippen molar-refractivity contribution in [3.05, 3.63) is 74.2 Å². The Morgan fingerprint density at radius 1 is 1.14 bits per heavy atom. The van der Waals surface area contributed by atoms with Crippen molar-refractivity contribution < 1.29 is 14.2 Å². The minimum Gasteiger partial charge on any atom is -0.491 e. The molecule has 0 saturated heterocycles. The topological polar surface area (TPSA) is 84.3 Å². The first-order chi connectivity index (χ1) is 13.4. The number of hydrogen-bond acceptors (Lipinski definition) is 4. The van der Waals surface area contributed by atoms with Gasteiger partial charge in [0.2, 0.25) is 0 Å². The summed E-state index contributed by atoms with van der Waals surface area (Å²) in [6, 6.07) is 9.43. The molecule has 148 valence electrons. The lowest BCUT2D eigenvalue weighted by Crippen LogP contribution is -2.35. The van der Waals surface area contributed by atoms with Gasteiger partial charge in [-0.3, -0.25) is 9.36 Å². The van der Waals surface area contributed by atoms with Crippen LogP contribution in [-0.4, -0.2) is 27.4 Å². The monoisotopic (exact) mass is 386 g/mol. The van der Waals surface area contributed by atoms with Gasteiger partial charge in [0, 0.05) is 25.1 Å². The van der Waals surface area contributed by atoms with Crippen molar-refractivity contribution in [3.63, 3.8) is 0 Å². The van der Waals surface area contributed by atoms with Crippen LogP contribution in [0.3, 0.4) is 0 Å². The van der Waals surface area contributed by atoms with Gasteiger partial charge in [-0.2, -0.15) is 0 Å². The maximum Gasteiger partial charge on any atom is 0.328 e. The normalized spacial score (nSPS) is 11.3. The predicted octanol–water partition coefficient (Wildman–Crippen LogP) is 2.59. The number of nitrogens with zero attached hydrogens (tertiary/aromatic N) is 1. The highest BCUT2D eigenvalue weighted by Gasteiger charge is 2.17. The summed E-state index contributed by atoms with van der Waals surface area (Å²) in [4.78, 5) is 28.1. The number of ether oxygens (including phenoxy) is 1.